The quantitative estimate of drug-likeness (QED) is 0.188. The molecule has 3 aromatic carbocycles. The predicted octanol–water partition coefficient (Wildman–Crippen LogP) is 6.52. The summed E-state index contributed by atoms with van der Waals surface area (Å²) in [6.07, 6.45) is 0.460. The lowest BCUT2D eigenvalue weighted by Gasteiger charge is -2.26. The van der Waals surface area contributed by atoms with E-state index in [9.17, 15) is 13.2 Å². The number of hydrogen-bond donors (Lipinski definition) is 1. The van der Waals surface area contributed by atoms with E-state index in [0.717, 1.165) is 16.7 Å². The highest BCUT2D eigenvalue weighted by molar-refractivity contribution is 7.90. The van der Waals surface area contributed by atoms with E-state index in [1.165, 1.54) is 12.1 Å². The number of nitrogens with zero attached hydrogens (tertiary/aromatic N) is 3. The Morgan fingerprint density at radius 2 is 1.60 bits per heavy atom. The Balaban J connectivity index is 1.73. The second kappa shape index (κ2) is 12.6. The summed E-state index contributed by atoms with van der Waals surface area (Å²) >= 11 is 6.13. The van der Waals surface area contributed by atoms with Crippen molar-refractivity contribution < 1.29 is 22.7 Å². The van der Waals surface area contributed by atoms with Crippen molar-refractivity contribution >= 4 is 33.7 Å². The van der Waals surface area contributed by atoms with Gasteiger partial charge in [-0.1, -0.05) is 41.9 Å². The summed E-state index contributed by atoms with van der Waals surface area (Å²) in [6.45, 7) is 4.81. The zero-order valence-corrected chi connectivity index (χ0v) is 25.2. The topological polar surface area (TPSA) is 124 Å². The van der Waals surface area contributed by atoms with E-state index in [4.69, 9.17) is 31.8 Å². The number of ether oxygens (including phenoxy) is 2. The molecule has 0 atom stereocenters. The third kappa shape index (κ3) is 7.26. The van der Waals surface area contributed by atoms with Crippen LogP contribution in [0.2, 0.25) is 5.02 Å². The van der Waals surface area contributed by atoms with Crippen molar-refractivity contribution in [2.45, 2.75) is 37.8 Å². The molecule has 42 heavy (non-hydrogen) atoms. The largest absolute Gasteiger partial charge is 0.497 e. The highest BCUT2D eigenvalue weighted by Gasteiger charge is 2.36. The number of amides is 1. The Kier molecular flexibility index (Phi) is 9.18. The molecule has 0 aliphatic rings. The zero-order valence-electron chi connectivity index (χ0n) is 23.6. The van der Waals surface area contributed by atoms with Crippen LogP contribution in [0.15, 0.2) is 101 Å². The molecule has 0 radical (unpaired) electrons. The van der Waals surface area contributed by atoms with Crippen molar-refractivity contribution in [2.75, 3.05) is 7.11 Å². The Bertz CT molecular complexity index is 1690. The summed E-state index contributed by atoms with van der Waals surface area (Å²) in [5, 5.41) is 0.591. The molecule has 1 amide bonds. The van der Waals surface area contributed by atoms with Crippen LogP contribution in [0.1, 0.15) is 26.3 Å². The third-order valence-corrected chi connectivity index (χ3v) is 7.87. The maximum atomic E-state index is 13.5. The lowest BCUT2D eigenvalue weighted by atomic mass is 9.98. The fourth-order valence-electron chi connectivity index (χ4n) is 3.98. The maximum Gasteiger partial charge on any atom is 0.431 e. The molecular weight excluding hydrogens is 576 g/mol. The van der Waals surface area contributed by atoms with Crippen molar-refractivity contribution in [3.8, 4) is 28.1 Å². The van der Waals surface area contributed by atoms with E-state index < -0.39 is 27.7 Å². The first-order valence-corrected chi connectivity index (χ1v) is 14.7. The van der Waals surface area contributed by atoms with Gasteiger partial charge >= 0.3 is 6.09 Å². The lowest BCUT2D eigenvalue weighted by molar-refractivity contribution is 0.0463. The van der Waals surface area contributed by atoms with Crippen molar-refractivity contribution in [1.82, 2.24) is 9.29 Å². The van der Waals surface area contributed by atoms with Gasteiger partial charge in [0.25, 0.3) is 10.0 Å². The van der Waals surface area contributed by atoms with Crippen molar-refractivity contribution in [1.29, 1.82) is 0 Å². The fraction of sp³-hybridized carbons (Fsp3) is 0.194. The minimum atomic E-state index is -4.42. The monoisotopic (exact) mass is 606 g/mol. The van der Waals surface area contributed by atoms with Gasteiger partial charge in [-0.15, -0.1) is 4.31 Å². The molecule has 0 spiro atoms. The van der Waals surface area contributed by atoms with E-state index in [1.807, 2.05) is 42.5 Å². The molecule has 0 bridgehead atoms. The summed E-state index contributed by atoms with van der Waals surface area (Å²) in [5.74, 6) is 0.175. The number of nitrogens with two attached hydrogens (primary N) is 1. The minimum absolute atomic E-state index is 0.0636. The number of aliphatic imine (C=N–C) groups is 1. The number of sulfonamides is 1. The Hall–Kier alpha value is -4.41. The van der Waals surface area contributed by atoms with Crippen LogP contribution >= 0.6 is 11.6 Å². The normalized spacial score (nSPS) is 12.1. The first kappa shape index (κ1) is 30.5. The summed E-state index contributed by atoms with van der Waals surface area (Å²) in [7, 11) is -2.82. The maximum absolute atomic E-state index is 13.5. The molecule has 0 aliphatic heterocycles. The van der Waals surface area contributed by atoms with Crippen LogP contribution < -0.4 is 10.5 Å². The Morgan fingerprint density at radius 3 is 2.19 bits per heavy atom. The number of halogens is 1. The molecule has 1 heterocycles. The summed E-state index contributed by atoms with van der Waals surface area (Å²) in [5.41, 5.74) is 9.05. The van der Waals surface area contributed by atoms with E-state index in [2.05, 4.69) is 4.99 Å². The molecule has 11 heteroatoms. The van der Waals surface area contributed by atoms with Gasteiger partial charge in [0.05, 0.1) is 24.2 Å². The lowest BCUT2D eigenvalue weighted by Crippen LogP contribution is -2.48. The molecule has 1 aromatic heterocycles. The van der Waals surface area contributed by atoms with Gasteiger partial charge in [0.1, 0.15) is 11.4 Å². The number of pyridine rings is 1. The second-order valence-electron chi connectivity index (χ2n) is 10.2. The second-order valence-corrected chi connectivity index (χ2v) is 12.4. The zero-order chi connectivity index (χ0) is 30.5. The first-order chi connectivity index (χ1) is 19.9. The number of carbonyl (C=O) groups excluding carboxylic acids is 1. The molecule has 0 saturated heterocycles. The predicted molar refractivity (Wildman–Crippen MR) is 164 cm³/mol. The van der Waals surface area contributed by atoms with E-state index in [-0.39, 0.29) is 11.4 Å². The minimum Gasteiger partial charge on any atom is -0.497 e. The number of benzene rings is 3. The molecule has 0 unspecified atom stereocenters. The summed E-state index contributed by atoms with van der Waals surface area (Å²) in [4.78, 5) is 21.9. The van der Waals surface area contributed by atoms with Crippen molar-refractivity contribution in [3.05, 3.63) is 102 Å². The number of hydrogen-bond acceptors (Lipinski definition) is 7. The third-order valence-electron chi connectivity index (χ3n) is 5.94. The average molecular weight is 607 g/mol. The molecular formula is C31H31ClN4O5S. The van der Waals surface area contributed by atoms with Crippen LogP contribution in [0, 0.1) is 0 Å². The summed E-state index contributed by atoms with van der Waals surface area (Å²) in [6, 6.07) is 24.2. The van der Waals surface area contributed by atoms with Gasteiger partial charge in [0, 0.05) is 22.3 Å². The van der Waals surface area contributed by atoms with Gasteiger partial charge in [-0.2, -0.15) is 0 Å². The highest BCUT2D eigenvalue weighted by Crippen LogP contribution is 2.33. The molecule has 0 saturated carbocycles. The number of rotatable bonds is 7. The Morgan fingerprint density at radius 1 is 0.976 bits per heavy atom. The Labute approximate surface area is 250 Å². The molecule has 9 nitrogen and oxygen atoms in total. The average Bonchev–Trinajstić information content (AvgIpc) is 2.96. The van der Waals surface area contributed by atoms with Crippen LogP contribution in [0.25, 0.3) is 22.4 Å². The van der Waals surface area contributed by atoms with Crippen LogP contribution in [-0.4, -0.2) is 42.5 Å². The van der Waals surface area contributed by atoms with Gasteiger partial charge in [-0.25, -0.2) is 18.2 Å². The molecule has 218 valence electrons. The van der Waals surface area contributed by atoms with E-state index >= 15 is 0 Å². The number of guanidine groups is 1. The smallest absolute Gasteiger partial charge is 0.431 e. The van der Waals surface area contributed by atoms with E-state index in [0.29, 0.717) is 26.3 Å². The molecule has 4 rings (SSSR count). The van der Waals surface area contributed by atoms with E-state index in [1.54, 1.807) is 64.4 Å². The van der Waals surface area contributed by atoms with Gasteiger partial charge in [0.15, 0.2) is 0 Å². The highest BCUT2D eigenvalue weighted by atomic mass is 35.5. The molecule has 0 fully saturated rings. The molecule has 4 aromatic rings. The van der Waals surface area contributed by atoms with Crippen LogP contribution in [0.5, 0.6) is 5.75 Å². The van der Waals surface area contributed by atoms with Crippen LogP contribution in [0.3, 0.4) is 0 Å². The standard InChI is InChI=1S/C31H31ClN4O5S/c1-31(2,3)41-30(37)36(42(38,39)26-8-6-5-7-9-26)29(33)35-20-21-18-27(22-10-14-24(32)15-11-22)28(34-19-21)23-12-16-25(40-4)17-13-23/h5-19H,20H2,1-4H3,(H2,33,35). The van der Waals surface area contributed by atoms with Crippen molar-refractivity contribution in [3.63, 3.8) is 0 Å². The fourth-order valence-corrected chi connectivity index (χ4v) is 5.35. The molecule has 2 N–H and O–H groups in total. The van der Waals surface area contributed by atoms with Crippen molar-refractivity contribution in [2.24, 2.45) is 10.7 Å². The van der Waals surface area contributed by atoms with Crippen LogP contribution in [-0.2, 0) is 21.3 Å². The SMILES string of the molecule is COc1ccc(-c2ncc(CN=C(N)N(C(=O)OC(C)(C)C)S(=O)(=O)c3ccccc3)cc2-c2ccc(Cl)cc2)cc1. The van der Waals surface area contributed by atoms with Crippen LogP contribution in [0.4, 0.5) is 4.79 Å². The van der Waals surface area contributed by atoms with Gasteiger partial charge < -0.3 is 15.2 Å². The van der Waals surface area contributed by atoms with Gasteiger partial charge in [-0.05, 0) is 86.5 Å². The molecule has 0 aliphatic carbocycles. The first-order valence-electron chi connectivity index (χ1n) is 12.9. The number of aromatic nitrogens is 1. The number of methoxy groups -OCH3 is 1. The van der Waals surface area contributed by atoms with Gasteiger partial charge in [-0.3, -0.25) is 4.98 Å². The summed E-state index contributed by atoms with van der Waals surface area (Å²) < 4.78 is 37.9. The van der Waals surface area contributed by atoms with Gasteiger partial charge in [0.2, 0.25) is 5.96 Å². The number of carbonyl (C=O) groups is 1.